The largest absolute Gasteiger partial charge is 0.462 e. The smallest absolute Gasteiger partial charge is 0.306 e. The molecule has 0 aromatic carbocycles. The Morgan fingerprint density at radius 1 is 0.302 bits per heavy atom. The van der Waals surface area contributed by atoms with Gasteiger partial charge in [0.1, 0.15) is 13.2 Å². The summed E-state index contributed by atoms with van der Waals surface area (Å²) in [4.78, 5) is 38.0. The molecule has 0 bridgehead atoms. The maximum atomic E-state index is 12.8. The maximum Gasteiger partial charge on any atom is 0.306 e. The van der Waals surface area contributed by atoms with Crippen molar-refractivity contribution in [2.45, 2.75) is 297 Å². The van der Waals surface area contributed by atoms with Crippen molar-refractivity contribution in [3.63, 3.8) is 0 Å². The highest BCUT2D eigenvalue weighted by atomic mass is 16.7. The summed E-state index contributed by atoms with van der Waals surface area (Å²) in [6, 6.07) is 0. The van der Waals surface area contributed by atoms with Crippen LogP contribution in [0.25, 0.3) is 0 Å². The average Bonchev–Trinajstić information content (AvgIpc) is 3.28. The van der Waals surface area contributed by atoms with Crippen LogP contribution in [0.15, 0.2) is 36.5 Å². The molecule has 0 amide bonds. The SMILES string of the molecule is CCCCC[13CH2]CC/[13CH]=[13CH]\[13CH2][13CH2]CCC[13CH2][13CH2][13C](=O)OCC(CO[13C](=O)[13CH2][13CH2]CCC[13CH2][13CH2]/[13CH]=[13CH]\CC[13CH2]CCCCC)O[13C](=O)[13CH2][13CH2]CCC[13CH2][13CH2]/[13CH]=[13CH]\CC[13CH2]CCCCC. The Bertz CT molecular complexity index is 1010. The Morgan fingerprint density at radius 3 is 0.794 bits per heavy atom. The molecule has 0 aliphatic rings. The molecule has 0 heterocycles. The van der Waals surface area contributed by atoms with Crippen molar-refractivity contribution >= 4 is 17.9 Å². The van der Waals surface area contributed by atoms with E-state index in [1.54, 1.807) is 0 Å². The lowest BCUT2D eigenvalue weighted by Gasteiger charge is -2.18. The number of rotatable bonds is 50. The van der Waals surface area contributed by atoms with Crippen LogP contribution in [-0.2, 0) is 28.6 Å². The van der Waals surface area contributed by atoms with E-state index >= 15 is 0 Å². The van der Waals surface area contributed by atoms with Gasteiger partial charge in [0.25, 0.3) is 0 Å². The molecule has 0 saturated heterocycles. The third kappa shape index (κ3) is 50.5. The third-order valence-corrected chi connectivity index (χ3v) is 12.1. The fraction of sp³-hybridized carbons (Fsp3) is 0.842. The molecule has 0 saturated carbocycles. The lowest BCUT2D eigenvalue weighted by molar-refractivity contribution is -0.167. The van der Waals surface area contributed by atoms with Crippen molar-refractivity contribution in [1.29, 1.82) is 0 Å². The quantitative estimate of drug-likeness (QED) is 0.0199. The molecule has 0 atom stereocenters. The Balaban J connectivity index is 4.39. The first-order valence-electron chi connectivity index (χ1n) is 27.5. The number of carbonyl (C=O) groups is 3. The first kappa shape index (κ1) is 60.6. The van der Waals surface area contributed by atoms with Gasteiger partial charge in [-0.1, -0.05) is 211 Å². The zero-order valence-corrected chi connectivity index (χ0v) is 42.1. The first-order valence-corrected chi connectivity index (χ1v) is 27.5. The van der Waals surface area contributed by atoms with Gasteiger partial charge >= 0.3 is 17.9 Å². The maximum absolute atomic E-state index is 12.8. The zero-order valence-electron chi connectivity index (χ0n) is 42.1. The highest BCUT2D eigenvalue weighted by Crippen LogP contribution is 2.15. The summed E-state index contributed by atoms with van der Waals surface area (Å²) in [5.74, 6) is -0.893. The number of hydrogen-bond acceptors (Lipinski definition) is 6. The second kappa shape index (κ2) is 52.3. The number of hydrogen-bond donors (Lipinski definition) is 0. The minimum absolute atomic E-state index is 0.0806. The highest BCUT2D eigenvalue weighted by molar-refractivity contribution is 5.71. The minimum Gasteiger partial charge on any atom is -0.462 e. The standard InChI is InChI=1S/C57H104O6/c1-4-7-10-13-16-19-22-25-28-31-34-37-40-43-46-49-55(58)61-52-54(63-57(60)51-48-45-42-39-36-33-30-27-24-21-18-15-12-9-6-3)53-62-56(59)50-47-44-41-38-35-32-29-26-23-20-17-14-11-8-5-2/h25-30,54H,4-24,31-53H2,1-3H3/b28-25-,29-26-,30-27-/i16+1,17+1,18+1,25+1,26+1,27+1,28+1,29+1,30+1,31+1,32+1,33+1,34+1,35+1,36+1,46+1,47+1,48+1,49+1,50+1,51+1,55+1,56+1,57+1. The molecule has 0 radical (unpaired) electrons. The van der Waals surface area contributed by atoms with Gasteiger partial charge < -0.3 is 14.2 Å². The molecule has 6 nitrogen and oxygen atoms in total. The van der Waals surface area contributed by atoms with Crippen LogP contribution in [0.4, 0.5) is 0 Å². The van der Waals surface area contributed by atoms with Crippen molar-refractivity contribution < 1.29 is 28.6 Å². The fourth-order valence-electron chi connectivity index (χ4n) is 7.90. The van der Waals surface area contributed by atoms with E-state index in [9.17, 15) is 14.4 Å². The molecule has 63 heavy (non-hydrogen) atoms. The average molecular weight is 909 g/mol. The molecule has 0 spiro atoms. The van der Waals surface area contributed by atoms with E-state index < -0.39 is 6.10 Å². The van der Waals surface area contributed by atoms with E-state index in [0.29, 0.717) is 19.3 Å². The van der Waals surface area contributed by atoms with Gasteiger partial charge in [0, 0.05) is 19.3 Å². The zero-order chi connectivity index (χ0) is 45.8. The minimum atomic E-state index is -0.781. The molecule has 0 rings (SSSR count). The van der Waals surface area contributed by atoms with Crippen LogP contribution in [0.1, 0.15) is 290 Å². The van der Waals surface area contributed by atoms with Gasteiger partial charge in [-0.05, 0) is 96.3 Å². The van der Waals surface area contributed by atoms with E-state index in [1.807, 2.05) is 0 Å². The predicted octanol–water partition coefficient (Wildman–Crippen LogP) is 18.1. The molecule has 0 aliphatic carbocycles. The van der Waals surface area contributed by atoms with Crippen LogP contribution in [0.3, 0.4) is 0 Å². The molecule has 0 unspecified atom stereocenters. The molecular formula is C57H104O6. The van der Waals surface area contributed by atoms with E-state index in [1.165, 1.54) is 173 Å². The Kier molecular flexibility index (Phi) is 50.3. The van der Waals surface area contributed by atoms with Crippen molar-refractivity contribution in [1.82, 2.24) is 0 Å². The van der Waals surface area contributed by atoms with E-state index in [2.05, 4.69) is 57.2 Å². The predicted molar refractivity (Wildman–Crippen MR) is 270 cm³/mol. The summed E-state index contributed by atoms with van der Waals surface area (Å²) in [5.41, 5.74) is 0. The van der Waals surface area contributed by atoms with Crippen molar-refractivity contribution in [3.8, 4) is 0 Å². The number of unbranched alkanes of at least 4 members (excludes halogenated alkanes) is 33. The Morgan fingerprint density at radius 2 is 0.524 bits per heavy atom. The lowest BCUT2D eigenvalue weighted by Crippen LogP contribution is -2.30. The monoisotopic (exact) mass is 909 g/mol. The molecule has 0 aromatic rings. The number of esters is 3. The van der Waals surface area contributed by atoms with Gasteiger partial charge in [0.15, 0.2) is 6.10 Å². The number of allylic oxidation sites excluding steroid dienone is 6. The lowest BCUT2D eigenvalue weighted by atomic mass is 10.2. The normalized spacial score (nSPS) is 11.8. The summed E-state index contributed by atoms with van der Waals surface area (Å²) in [7, 11) is 0. The fourth-order valence-corrected chi connectivity index (χ4v) is 7.90. The van der Waals surface area contributed by atoms with E-state index in [4.69, 9.17) is 14.2 Å². The molecule has 0 aliphatic heterocycles. The summed E-state index contributed by atoms with van der Waals surface area (Å²) in [5, 5.41) is 0. The van der Waals surface area contributed by atoms with Crippen molar-refractivity contribution in [2.75, 3.05) is 13.2 Å². The summed E-state index contributed by atoms with van der Waals surface area (Å²) in [6.45, 7) is 6.63. The molecule has 0 fully saturated rings. The third-order valence-electron chi connectivity index (χ3n) is 12.1. The number of carbonyl (C=O) groups excluding carboxylic acids is 3. The van der Waals surface area contributed by atoms with Gasteiger partial charge in [-0.3, -0.25) is 14.4 Å². The topological polar surface area (TPSA) is 78.9 Å². The van der Waals surface area contributed by atoms with Crippen LogP contribution in [-0.4, -0.2) is 37.2 Å². The second-order valence-electron chi connectivity index (χ2n) is 18.5. The van der Waals surface area contributed by atoms with E-state index in [-0.39, 0.29) is 31.1 Å². The summed E-state index contributed by atoms with van der Waals surface area (Å²) >= 11 is 0. The van der Waals surface area contributed by atoms with Gasteiger partial charge in [-0.2, -0.15) is 0 Å². The van der Waals surface area contributed by atoms with E-state index in [0.717, 1.165) is 77.0 Å². The van der Waals surface area contributed by atoms with Crippen LogP contribution < -0.4 is 0 Å². The van der Waals surface area contributed by atoms with Gasteiger partial charge in [0.05, 0.1) is 0 Å². The highest BCUT2D eigenvalue weighted by Gasteiger charge is 2.19. The van der Waals surface area contributed by atoms with Gasteiger partial charge in [-0.15, -0.1) is 0 Å². The van der Waals surface area contributed by atoms with Crippen molar-refractivity contribution in [2.24, 2.45) is 0 Å². The molecule has 6 heteroatoms. The van der Waals surface area contributed by atoms with Crippen LogP contribution in [0, 0.1) is 0 Å². The first-order chi connectivity index (χ1) is 31.0. The summed E-state index contributed by atoms with van der Waals surface area (Å²) < 4.78 is 16.8. The van der Waals surface area contributed by atoms with Crippen LogP contribution in [0.2, 0.25) is 0 Å². The number of ether oxygens (including phenoxy) is 3. The van der Waals surface area contributed by atoms with Gasteiger partial charge in [-0.25, -0.2) is 0 Å². The molecule has 368 valence electrons. The second-order valence-corrected chi connectivity index (χ2v) is 18.5. The Labute approximate surface area is 391 Å². The van der Waals surface area contributed by atoms with Crippen LogP contribution in [0.5, 0.6) is 0 Å². The Hall–Kier alpha value is -2.37. The van der Waals surface area contributed by atoms with Gasteiger partial charge in [0.2, 0.25) is 0 Å². The van der Waals surface area contributed by atoms with Crippen LogP contribution >= 0.6 is 0 Å². The summed E-state index contributed by atoms with van der Waals surface area (Å²) in [6.07, 6.45) is 61.2. The van der Waals surface area contributed by atoms with Crippen molar-refractivity contribution in [3.05, 3.63) is 36.5 Å². The molecular weight excluding hydrogens is 804 g/mol. The molecule has 0 N–H and O–H groups in total. The molecule has 0 aromatic heterocycles.